The van der Waals surface area contributed by atoms with Gasteiger partial charge in [0.15, 0.2) is 30.8 Å². The number of rotatable bonds is 26. The van der Waals surface area contributed by atoms with Gasteiger partial charge in [-0.15, -0.1) is 0 Å². The van der Waals surface area contributed by atoms with Crippen LogP contribution in [0, 0.1) is 11.8 Å². The lowest BCUT2D eigenvalue weighted by molar-refractivity contribution is -0.405. The first kappa shape index (κ1) is 66.1. The van der Waals surface area contributed by atoms with Crippen molar-refractivity contribution in [1.29, 1.82) is 0 Å². The van der Waals surface area contributed by atoms with Crippen LogP contribution in [0.15, 0.2) is 0 Å². The molecule has 4 rings (SSSR count). The van der Waals surface area contributed by atoms with Crippen LogP contribution in [-0.4, -0.2) is 252 Å². The second-order valence-corrected chi connectivity index (χ2v) is 20.1. The van der Waals surface area contributed by atoms with Crippen LogP contribution in [0.3, 0.4) is 0 Å². The van der Waals surface area contributed by atoms with Crippen LogP contribution >= 0.6 is 25.3 Å². The molecule has 0 aliphatic carbocycles. The average Bonchev–Trinajstić information content (AvgIpc) is 3.38. The zero-order valence-corrected chi connectivity index (χ0v) is 45.2. The highest BCUT2D eigenvalue weighted by molar-refractivity contribution is 7.80. The highest BCUT2D eigenvalue weighted by Gasteiger charge is 2.53. The topological polar surface area (TPSA) is 407 Å². The van der Waals surface area contributed by atoms with Crippen LogP contribution in [0.1, 0.15) is 66.2 Å². The number of hydrogen-bond donors (Lipinski definition) is 16. The number of aliphatic hydroxyl groups is 8. The van der Waals surface area contributed by atoms with Crippen molar-refractivity contribution in [2.24, 2.45) is 11.8 Å². The number of quaternary nitrogens is 2. The van der Waals surface area contributed by atoms with E-state index in [9.17, 15) is 60.0 Å². The lowest BCUT2D eigenvalue weighted by atomic mass is 9.88. The van der Waals surface area contributed by atoms with Crippen molar-refractivity contribution < 1.29 is 109 Å². The summed E-state index contributed by atoms with van der Waals surface area (Å²) in [7, 11) is 2.55. The number of carbonyl (C=O) groups is 4. The Balaban J connectivity index is 0.000000390. The maximum absolute atomic E-state index is 13.3. The smallest absolute Gasteiger partial charge is 0.278 e. The Kier molecular flexibility index (Phi) is 29.8. The fourth-order valence-corrected chi connectivity index (χ4v) is 9.26. The molecule has 28 heteroatoms. The summed E-state index contributed by atoms with van der Waals surface area (Å²) in [6.45, 7) is 7.96. The van der Waals surface area contributed by atoms with E-state index < -0.39 is 141 Å². The fraction of sp³-hybridized carbons (Fsp3) is 0.913. The van der Waals surface area contributed by atoms with Crippen LogP contribution < -0.4 is 32.7 Å². The largest absolute Gasteiger partial charge is 0.394 e. The first-order valence-corrected chi connectivity index (χ1v) is 26.7. The summed E-state index contributed by atoms with van der Waals surface area (Å²) in [5, 5.41) is 93.8. The molecular formula is C46H88N6O20S2+2. The number of hydrogen-bond acceptors (Lipinski definition) is 22. The van der Waals surface area contributed by atoms with E-state index in [1.807, 2.05) is 0 Å². The molecule has 4 heterocycles. The van der Waals surface area contributed by atoms with E-state index in [1.165, 1.54) is 14.2 Å². The second-order valence-electron chi connectivity index (χ2n) is 19.2. The molecule has 18 N–H and O–H groups in total. The summed E-state index contributed by atoms with van der Waals surface area (Å²) < 4.78 is 45.0. The van der Waals surface area contributed by atoms with Crippen molar-refractivity contribution in [3.05, 3.63) is 0 Å². The molecule has 4 aliphatic rings. The van der Waals surface area contributed by atoms with Gasteiger partial charge >= 0.3 is 0 Å². The molecule has 22 atom stereocenters. The number of unbranched alkanes of at least 4 members (excludes halogenated alkanes) is 2. The van der Waals surface area contributed by atoms with E-state index in [1.54, 1.807) is 27.7 Å². The van der Waals surface area contributed by atoms with Crippen LogP contribution in [0.4, 0.5) is 0 Å². The van der Waals surface area contributed by atoms with Crippen molar-refractivity contribution in [3.63, 3.8) is 0 Å². The van der Waals surface area contributed by atoms with Gasteiger partial charge in [0.1, 0.15) is 67.1 Å². The average molecular weight is 1110 g/mol. The molecule has 0 aromatic heterocycles. The van der Waals surface area contributed by atoms with Crippen molar-refractivity contribution in [1.82, 2.24) is 21.3 Å². The van der Waals surface area contributed by atoms with E-state index in [2.05, 4.69) is 58.0 Å². The van der Waals surface area contributed by atoms with Gasteiger partial charge in [0, 0.05) is 63.6 Å². The highest BCUT2D eigenvalue weighted by atomic mass is 32.1. The summed E-state index contributed by atoms with van der Waals surface area (Å²) in [5.41, 5.74) is 7.64. The third-order valence-electron chi connectivity index (χ3n) is 13.9. The van der Waals surface area contributed by atoms with Gasteiger partial charge in [-0.1, -0.05) is 13.8 Å². The third-order valence-corrected chi connectivity index (χ3v) is 14.4. The Bertz CT molecular complexity index is 1680. The van der Waals surface area contributed by atoms with Crippen molar-refractivity contribution in [3.8, 4) is 0 Å². The number of nitrogens with one attached hydrogen (secondary N) is 4. The summed E-state index contributed by atoms with van der Waals surface area (Å²) >= 11 is 8.14. The molecular weight excluding hydrogens is 1020 g/mol. The van der Waals surface area contributed by atoms with E-state index >= 15 is 0 Å². The Morgan fingerprint density at radius 1 is 0.568 bits per heavy atom. The Morgan fingerprint density at radius 3 is 1.45 bits per heavy atom. The molecule has 0 bridgehead atoms. The zero-order chi connectivity index (χ0) is 55.4. The molecule has 4 fully saturated rings. The van der Waals surface area contributed by atoms with E-state index in [-0.39, 0.29) is 36.3 Å². The van der Waals surface area contributed by atoms with Gasteiger partial charge in [-0.05, 0) is 46.0 Å². The van der Waals surface area contributed by atoms with Gasteiger partial charge in [0.2, 0.25) is 5.91 Å². The van der Waals surface area contributed by atoms with Crippen LogP contribution in [-0.2, 0) is 57.1 Å². The molecule has 0 spiro atoms. The van der Waals surface area contributed by atoms with Gasteiger partial charge < -0.3 is 111 Å². The molecule has 0 radical (unpaired) electrons. The van der Waals surface area contributed by atoms with Gasteiger partial charge in [-0.2, -0.15) is 25.3 Å². The van der Waals surface area contributed by atoms with Crippen LogP contribution in [0.2, 0.25) is 0 Å². The summed E-state index contributed by atoms with van der Waals surface area (Å²) in [6.07, 6.45) is -17.6. The number of methoxy groups -OCH3 is 2. The monoisotopic (exact) mass is 1110 g/mol. The number of amides is 4. The van der Waals surface area contributed by atoms with Crippen LogP contribution in [0.5, 0.6) is 0 Å². The highest BCUT2D eigenvalue weighted by Crippen LogP contribution is 2.34. The van der Waals surface area contributed by atoms with Crippen molar-refractivity contribution in [2.75, 3.05) is 65.1 Å². The van der Waals surface area contributed by atoms with Crippen LogP contribution in [0.25, 0.3) is 0 Å². The van der Waals surface area contributed by atoms with Crippen molar-refractivity contribution in [2.45, 2.75) is 189 Å². The normalized spacial score (nSPS) is 37.1. The minimum Gasteiger partial charge on any atom is -0.394 e. The molecule has 10 unspecified atom stereocenters. The molecule has 26 nitrogen and oxygen atoms in total. The lowest BCUT2D eigenvalue weighted by Gasteiger charge is -2.46. The summed E-state index contributed by atoms with van der Waals surface area (Å²) in [4.78, 5) is 50.7. The molecule has 4 saturated heterocycles. The Labute approximate surface area is 443 Å². The lowest BCUT2D eigenvalue weighted by Crippen LogP contribution is -2.67. The summed E-state index contributed by atoms with van der Waals surface area (Å²) in [6, 6.07) is -1.27. The first-order valence-electron chi connectivity index (χ1n) is 25.4. The second kappa shape index (κ2) is 33.3. The molecule has 74 heavy (non-hydrogen) atoms. The molecule has 0 saturated carbocycles. The van der Waals surface area contributed by atoms with E-state index in [0.29, 0.717) is 63.2 Å². The third kappa shape index (κ3) is 18.2. The van der Waals surface area contributed by atoms with Crippen molar-refractivity contribution >= 4 is 48.9 Å². The minimum atomic E-state index is -1.61. The molecule has 0 aromatic carbocycles. The minimum absolute atomic E-state index is 0.140. The predicted molar refractivity (Wildman–Crippen MR) is 267 cm³/mol. The molecule has 4 aliphatic heterocycles. The number of thiol groups is 2. The number of carbonyl (C=O) groups excluding carboxylic acids is 4. The molecule has 432 valence electrons. The first-order chi connectivity index (χ1) is 35.2. The van der Waals surface area contributed by atoms with E-state index in [4.69, 9.17) is 37.9 Å². The predicted octanol–water partition coefficient (Wildman–Crippen LogP) is -6.89. The summed E-state index contributed by atoms with van der Waals surface area (Å²) in [5.74, 6) is -1.54. The molecule has 4 amide bonds. The molecule has 0 aromatic rings. The standard InChI is InChI=1S/2C23H43N3O10S/c1-11-12(2)34-14(10-27)15(28)18(11)35-23-17(30)16(29)19(33-3)20(36-23)22(32)25-7-5-4-6-13(24)21(31)26-8-9-37;1-11-12(2)34-14(10-27)15(28)18(11)35-23-17(30)16(29)19(33-3)20(36-23)22(32)26-13(6-4-5-7-24)21(31)25-8-9-37/h11-20,23,27-30,37H,4-10,24H2,1-3H3,(H,25,32)(H,26,31);11-20,23,27-30,37H,4-10,24H2,1-3H3,(H,25,31)(H,26,32)/p+2/t2*11-,12+,13?,14?,15-,16?,17+,18?,19+,20?,23-/m11/s1. The fourth-order valence-electron chi connectivity index (χ4n) is 9.04. The zero-order valence-electron chi connectivity index (χ0n) is 43.4. The quantitative estimate of drug-likeness (QED) is 0.0283. The number of aliphatic hydroxyl groups excluding tert-OH is 8. The van der Waals surface area contributed by atoms with Gasteiger partial charge in [-0.25, -0.2) is 0 Å². The van der Waals surface area contributed by atoms with Gasteiger partial charge in [-0.3, -0.25) is 19.2 Å². The van der Waals surface area contributed by atoms with Gasteiger partial charge in [0.05, 0.1) is 44.2 Å². The maximum Gasteiger partial charge on any atom is 0.278 e. The SMILES string of the molecule is CO[C@@H]1C(C(=O)NC(CCCC[NH3+])C(=O)NCCS)O[C@@H](OC2[C@H](O)C(CO)O[C@@H](C)[C@H]2C)[C@@H](O)C1O.CO[C@@H]1C(C(=O)NCCCCC([NH3+])C(=O)NCCS)O[C@@H](OC2[C@H](O)C(CO)O[C@@H](C)[C@H]2C)[C@@H](O)C1O. The Hall–Kier alpha value is -2.14. The van der Waals surface area contributed by atoms with Gasteiger partial charge in [0.25, 0.3) is 17.7 Å². The maximum atomic E-state index is 13.3. The number of ether oxygens (including phenoxy) is 8. The van der Waals surface area contributed by atoms with E-state index in [0.717, 1.165) is 6.42 Å². The Morgan fingerprint density at radius 2 is 1.01 bits per heavy atom.